The fourth-order valence-corrected chi connectivity index (χ4v) is 3.96. The van der Waals surface area contributed by atoms with Crippen molar-refractivity contribution in [1.29, 1.82) is 0 Å². The first kappa shape index (κ1) is 26.5. The maximum atomic E-state index is 12.2. The monoisotopic (exact) mass is 514 g/mol. The molecule has 6 nitrogen and oxygen atoms in total. The van der Waals surface area contributed by atoms with Crippen molar-refractivity contribution in [3.8, 4) is 17.0 Å². The molecule has 0 bridgehead atoms. The SMILES string of the molecule is CC(C)[C@@H](COc1ccc(-c2cc(Cl)cc(Cl)c2)nc1)Nc1ccc(C(=O)CCCC(=O)O)cc1. The quantitative estimate of drug-likeness (QED) is 0.252. The molecule has 1 aromatic heterocycles. The normalized spacial score (nSPS) is 11.8. The zero-order chi connectivity index (χ0) is 25.4. The summed E-state index contributed by atoms with van der Waals surface area (Å²) in [5.41, 5.74) is 3.03. The molecule has 0 fully saturated rings. The number of anilines is 1. The van der Waals surface area contributed by atoms with Gasteiger partial charge in [0, 0.05) is 39.7 Å². The molecule has 0 spiro atoms. The molecule has 0 amide bonds. The van der Waals surface area contributed by atoms with Crippen LogP contribution in [0.5, 0.6) is 5.75 Å². The number of ketones is 1. The number of aromatic nitrogens is 1. The number of pyridine rings is 1. The largest absolute Gasteiger partial charge is 0.490 e. The van der Waals surface area contributed by atoms with Crippen LogP contribution in [0.4, 0.5) is 5.69 Å². The topological polar surface area (TPSA) is 88.5 Å². The first-order valence-corrected chi connectivity index (χ1v) is 12.1. The van der Waals surface area contributed by atoms with Crippen LogP contribution in [0.1, 0.15) is 43.5 Å². The average Bonchev–Trinajstić information content (AvgIpc) is 2.81. The maximum absolute atomic E-state index is 12.2. The molecule has 0 saturated carbocycles. The molecule has 3 aromatic rings. The van der Waals surface area contributed by atoms with Gasteiger partial charge in [-0.2, -0.15) is 0 Å². The van der Waals surface area contributed by atoms with Gasteiger partial charge < -0.3 is 15.2 Å². The van der Waals surface area contributed by atoms with Crippen molar-refractivity contribution in [2.24, 2.45) is 5.92 Å². The molecule has 0 radical (unpaired) electrons. The molecule has 0 unspecified atom stereocenters. The van der Waals surface area contributed by atoms with Gasteiger partial charge in [0.15, 0.2) is 5.78 Å². The number of halogens is 2. The highest BCUT2D eigenvalue weighted by Crippen LogP contribution is 2.27. The molecule has 0 aliphatic heterocycles. The molecule has 2 N–H and O–H groups in total. The van der Waals surface area contributed by atoms with E-state index in [9.17, 15) is 9.59 Å². The van der Waals surface area contributed by atoms with Crippen LogP contribution in [-0.2, 0) is 4.79 Å². The summed E-state index contributed by atoms with van der Waals surface area (Å²) in [7, 11) is 0. The number of benzene rings is 2. The number of ether oxygens (including phenoxy) is 1. The van der Waals surface area contributed by atoms with Crippen LogP contribution in [0.25, 0.3) is 11.3 Å². The summed E-state index contributed by atoms with van der Waals surface area (Å²) in [6, 6.07) is 16.3. The Hall–Kier alpha value is -3.09. The van der Waals surface area contributed by atoms with E-state index >= 15 is 0 Å². The molecule has 8 heteroatoms. The van der Waals surface area contributed by atoms with Crippen LogP contribution >= 0.6 is 23.2 Å². The van der Waals surface area contributed by atoms with E-state index in [0.29, 0.717) is 34.4 Å². The van der Waals surface area contributed by atoms with Crippen LogP contribution in [0.15, 0.2) is 60.8 Å². The van der Waals surface area contributed by atoms with E-state index in [-0.39, 0.29) is 30.6 Å². The minimum Gasteiger partial charge on any atom is -0.490 e. The van der Waals surface area contributed by atoms with Crippen LogP contribution in [0.2, 0.25) is 10.0 Å². The van der Waals surface area contributed by atoms with E-state index in [1.54, 1.807) is 24.4 Å². The Balaban J connectivity index is 1.56. The summed E-state index contributed by atoms with van der Waals surface area (Å²) in [6.07, 6.45) is 2.23. The number of aliphatic carboxylic acids is 1. The van der Waals surface area contributed by atoms with Gasteiger partial charge >= 0.3 is 5.97 Å². The predicted molar refractivity (Wildman–Crippen MR) is 140 cm³/mol. The lowest BCUT2D eigenvalue weighted by molar-refractivity contribution is -0.137. The molecule has 35 heavy (non-hydrogen) atoms. The van der Waals surface area contributed by atoms with Crippen LogP contribution < -0.4 is 10.1 Å². The minimum atomic E-state index is -0.892. The standard InChI is InChI=1S/C27H28Cl2N2O4/c1-17(2)25(31-22-8-6-18(7-9-22)26(32)4-3-5-27(33)34)16-35-23-10-11-24(30-15-23)19-12-20(28)14-21(29)13-19/h6-15,17,25,31H,3-5,16H2,1-2H3,(H,33,34)/t25-/m1/s1. The third kappa shape index (κ3) is 8.26. The number of nitrogens with zero attached hydrogens (tertiary/aromatic N) is 1. The van der Waals surface area contributed by atoms with E-state index in [1.807, 2.05) is 36.4 Å². The maximum Gasteiger partial charge on any atom is 0.303 e. The van der Waals surface area contributed by atoms with Crippen LogP contribution in [0, 0.1) is 5.92 Å². The molecular weight excluding hydrogens is 487 g/mol. The number of hydrogen-bond acceptors (Lipinski definition) is 5. The Labute approximate surface area is 215 Å². The van der Waals surface area contributed by atoms with Crippen LogP contribution in [0.3, 0.4) is 0 Å². The molecule has 0 aliphatic carbocycles. The number of carbonyl (C=O) groups excluding carboxylic acids is 1. The zero-order valence-electron chi connectivity index (χ0n) is 19.6. The van der Waals surface area contributed by atoms with Gasteiger partial charge in [0.25, 0.3) is 0 Å². The summed E-state index contributed by atoms with van der Waals surface area (Å²) in [5, 5.41) is 13.3. The summed E-state index contributed by atoms with van der Waals surface area (Å²) < 4.78 is 5.99. The fourth-order valence-electron chi connectivity index (χ4n) is 3.44. The fraction of sp³-hybridized carbons (Fsp3) is 0.296. The number of carboxylic acids is 1. The van der Waals surface area contributed by atoms with E-state index in [2.05, 4.69) is 24.1 Å². The Morgan fingerprint density at radius 3 is 2.26 bits per heavy atom. The van der Waals surface area contributed by atoms with Gasteiger partial charge in [-0.1, -0.05) is 37.0 Å². The van der Waals surface area contributed by atoms with Gasteiger partial charge in [-0.3, -0.25) is 14.6 Å². The number of carboxylic acid groups (broad SMARTS) is 1. The Morgan fingerprint density at radius 1 is 1.00 bits per heavy atom. The smallest absolute Gasteiger partial charge is 0.303 e. The Morgan fingerprint density at radius 2 is 1.69 bits per heavy atom. The molecule has 1 heterocycles. The van der Waals surface area contributed by atoms with Crippen molar-refractivity contribution < 1.29 is 19.4 Å². The van der Waals surface area contributed by atoms with Crippen molar-refractivity contribution in [3.63, 3.8) is 0 Å². The minimum absolute atomic E-state index is 0.00531. The van der Waals surface area contributed by atoms with Crippen molar-refractivity contribution in [2.45, 2.75) is 39.2 Å². The highest BCUT2D eigenvalue weighted by Gasteiger charge is 2.15. The molecular formula is C27H28Cl2N2O4. The van der Waals surface area contributed by atoms with Gasteiger partial charge in [0.2, 0.25) is 0 Å². The van der Waals surface area contributed by atoms with Gasteiger partial charge in [0.05, 0.1) is 17.9 Å². The third-order valence-electron chi connectivity index (χ3n) is 5.48. The first-order chi connectivity index (χ1) is 16.7. The van der Waals surface area contributed by atoms with Gasteiger partial charge in [-0.25, -0.2) is 0 Å². The summed E-state index contributed by atoms with van der Waals surface area (Å²) in [4.78, 5) is 27.3. The molecule has 3 rings (SSSR count). The predicted octanol–water partition coefficient (Wildman–Crippen LogP) is 7.01. The highest BCUT2D eigenvalue weighted by atomic mass is 35.5. The second-order valence-electron chi connectivity index (χ2n) is 8.59. The lowest BCUT2D eigenvalue weighted by Gasteiger charge is -2.24. The summed E-state index contributed by atoms with van der Waals surface area (Å²) in [6.45, 7) is 4.63. The van der Waals surface area contributed by atoms with Crippen LogP contribution in [-0.4, -0.2) is 34.5 Å². The van der Waals surface area contributed by atoms with Crippen molar-refractivity contribution in [1.82, 2.24) is 4.98 Å². The average molecular weight is 515 g/mol. The first-order valence-electron chi connectivity index (χ1n) is 11.4. The molecule has 0 saturated heterocycles. The number of nitrogens with one attached hydrogen (secondary N) is 1. The van der Waals surface area contributed by atoms with E-state index in [1.165, 1.54) is 0 Å². The molecule has 184 valence electrons. The second-order valence-corrected chi connectivity index (χ2v) is 9.46. The number of hydrogen-bond donors (Lipinski definition) is 2. The van der Waals surface area contributed by atoms with Crippen molar-refractivity contribution in [3.05, 3.63) is 76.4 Å². The summed E-state index contributed by atoms with van der Waals surface area (Å²) in [5.74, 6) is -0.0145. The second kappa shape index (κ2) is 12.6. The third-order valence-corrected chi connectivity index (χ3v) is 5.92. The molecule has 0 aliphatic rings. The Bertz CT molecular complexity index is 1130. The van der Waals surface area contributed by atoms with E-state index < -0.39 is 5.97 Å². The lowest BCUT2D eigenvalue weighted by Crippen LogP contribution is -2.32. The lowest BCUT2D eigenvalue weighted by atomic mass is 10.0. The van der Waals surface area contributed by atoms with Gasteiger partial charge in [0.1, 0.15) is 12.4 Å². The van der Waals surface area contributed by atoms with Gasteiger partial charge in [-0.05, 0) is 66.9 Å². The number of carbonyl (C=O) groups is 2. The van der Waals surface area contributed by atoms with Crippen molar-refractivity contribution in [2.75, 3.05) is 11.9 Å². The Kier molecular flexibility index (Phi) is 9.52. The number of Topliss-reactive ketones (excluding diaryl/α,β-unsaturated/α-hetero) is 1. The van der Waals surface area contributed by atoms with Gasteiger partial charge in [-0.15, -0.1) is 0 Å². The summed E-state index contributed by atoms with van der Waals surface area (Å²) >= 11 is 12.2. The van der Waals surface area contributed by atoms with Crippen molar-refractivity contribution >= 4 is 40.6 Å². The van der Waals surface area contributed by atoms with E-state index in [4.69, 9.17) is 33.0 Å². The number of rotatable bonds is 12. The zero-order valence-corrected chi connectivity index (χ0v) is 21.1. The van der Waals surface area contributed by atoms with E-state index in [0.717, 1.165) is 16.9 Å². The molecule has 2 aromatic carbocycles. The molecule has 1 atom stereocenters. The highest BCUT2D eigenvalue weighted by molar-refractivity contribution is 6.35.